The summed E-state index contributed by atoms with van der Waals surface area (Å²) in [5, 5.41) is -0.551. The normalized spacial score (nSPS) is 19.6. The molecule has 1 aliphatic heterocycles. The smallest absolute Gasteiger partial charge is 0.388 e. The van der Waals surface area contributed by atoms with Crippen LogP contribution in [0.15, 0.2) is 0 Å². The van der Waals surface area contributed by atoms with Crippen LogP contribution >= 0.6 is 12.6 Å². The largest absolute Gasteiger partial charge is 0.454 e. The number of thiol groups is 1. The highest BCUT2D eigenvalue weighted by Gasteiger charge is 2.42. The number of piperidine rings is 1. The summed E-state index contributed by atoms with van der Waals surface area (Å²) < 4.78 is 30.0. The quantitative estimate of drug-likeness (QED) is 0.595. The van der Waals surface area contributed by atoms with Crippen molar-refractivity contribution in [3.8, 4) is 0 Å². The van der Waals surface area contributed by atoms with Gasteiger partial charge in [-0.15, -0.1) is 0 Å². The van der Waals surface area contributed by atoms with Crippen LogP contribution < -0.4 is 5.32 Å². The van der Waals surface area contributed by atoms with Gasteiger partial charge in [0, 0.05) is 5.92 Å². The molecule has 0 aromatic rings. The maximum atomic E-state index is 12.6. The molecular formula is C10H17F2NO2S. The van der Waals surface area contributed by atoms with Crippen LogP contribution in [0.3, 0.4) is 0 Å². The molecule has 1 heterocycles. The Labute approximate surface area is 99.3 Å². The Hall–Kier alpha value is -0.360. The van der Waals surface area contributed by atoms with Crippen LogP contribution in [-0.2, 0) is 9.53 Å². The van der Waals surface area contributed by atoms with E-state index in [0.29, 0.717) is 0 Å². The summed E-state index contributed by atoms with van der Waals surface area (Å²) in [6, 6.07) is 0. The van der Waals surface area contributed by atoms with E-state index in [4.69, 9.17) is 4.74 Å². The number of hydrogen-bond acceptors (Lipinski definition) is 4. The minimum absolute atomic E-state index is 0.105. The van der Waals surface area contributed by atoms with Gasteiger partial charge >= 0.3 is 11.2 Å². The van der Waals surface area contributed by atoms with E-state index >= 15 is 0 Å². The lowest BCUT2D eigenvalue weighted by atomic mass is 9.83. The highest BCUT2D eigenvalue weighted by Crippen LogP contribution is 2.32. The summed E-state index contributed by atoms with van der Waals surface area (Å²) in [4.78, 5) is 11.1. The van der Waals surface area contributed by atoms with Gasteiger partial charge in [0.1, 0.15) is 5.60 Å². The minimum Gasteiger partial charge on any atom is -0.454 e. The number of hydrogen-bond donors (Lipinski definition) is 2. The monoisotopic (exact) mass is 253 g/mol. The van der Waals surface area contributed by atoms with Crippen molar-refractivity contribution in [3.63, 3.8) is 0 Å². The van der Waals surface area contributed by atoms with Crippen molar-refractivity contribution in [2.75, 3.05) is 13.1 Å². The van der Waals surface area contributed by atoms with Gasteiger partial charge in [-0.05, 0) is 39.8 Å². The topological polar surface area (TPSA) is 38.3 Å². The van der Waals surface area contributed by atoms with Gasteiger partial charge in [-0.2, -0.15) is 8.78 Å². The van der Waals surface area contributed by atoms with Gasteiger partial charge in [-0.1, -0.05) is 12.6 Å². The summed E-state index contributed by atoms with van der Waals surface area (Å²) in [5.74, 6) is -1.47. The third kappa shape index (κ3) is 3.59. The zero-order valence-electron chi connectivity index (χ0n) is 9.43. The first-order valence-corrected chi connectivity index (χ1v) is 5.72. The molecule has 3 nitrogen and oxygen atoms in total. The van der Waals surface area contributed by atoms with Crippen LogP contribution in [0.25, 0.3) is 0 Å². The maximum Gasteiger partial charge on any atom is 0.388 e. The molecule has 0 amide bonds. The average molecular weight is 253 g/mol. The molecular weight excluding hydrogens is 236 g/mol. The van der Waals surface area contributed by atoms with Gasteiger partial charge in [0.25, 0.3) is 0 Å². The van der Waals surface area contributed by atoms with E-state index in [1.807, 2.05) is 0 Å². The number of nitrogens with one attached hydrogen (secondary N) is 1. The molecule has 0 atom stereocenters. The molecule has 16 heavy (non-hydrogen) atoms. The second kappa shape index (κ2) is 4.87. The molecule has 0 aromatic carbocycles. The average Bonchev–Trinajstić information content (AvgIpc) is 2.17. The van der Waals surface area contributed by atoms with E-state index in [1.54, 1.807) is 13.8 Å². The molecule has 1 N–H and O–H groups in total. The number of carbonyl (C=O) groups excluding carboxylic acids is 1. The molecule has 1 rings (SSSR count). The van der Waals surface area contributed by atoms with Gasteiger partial charge in [-0.3, -0.25) is 0 Å². The standard InChI is InChI=1S/C10H17F2NO2S/c1-9(2,7-3-5-13-6-4-7)15-8(14)10(11,12)16/h7,13,16H,3-6H2,1-2H3. The molecule has 0 unspecified atom stereocenters. The van der Waals surface area contributed by atoms with Crippen molar-refractivity contribution in [3.05, 3.63) is 0 Å². The zero-order valence-corrected chi connectivity index (χ0v) is 10.3. The predicted molar refractivity (Wildman–Crippen MR) is 59.7 cm³/mol. The van der Waals surface area contributed by atoms with E-state index in [1.165, 1.54) is 0 Å². The molecule has 0 bridgehead atoms. The predicted octanol–water partition coefficient (Wildman–Crippen LogP) is 1.83. The van der Waals surface area contributed by atoms with E-state index in [0.717, 1.165) is 25.9 Å². The van der Waals surface area contributed by atoms with Crippen molar-refractivity contribution in [1.29, 1.82) is 0 Å². The Morgan fingerprint density at radius 1 is 1.38 bits per heavy atom. The van der Waals surface area contributed by atoms with Crippen molar-refractivity contribution in [2.24, 2.45) is 5.92 Å². The van der Waals surface area contributed by atoms with Gasteiger partial charge < -0.3 is 10.1 Å². The Kier molecular flexibility index (Phi) is 4.17. The first kappa shape index (κ1) is 13.7. The summed E-state index contributed by atoms with van der Waals surface area (Å²) in [7, 11) is 0. The molecule has 94 valence electrons. The maximum absolute atomic E-state index is 12.6. The number of ether oxygens (including phenoxy) is 1. The minimum atomic E-state index is -3.72. The van der Waals surface area contributed by atoms with E-state index in [2.05, 4.69) is 17.9 Å². The molecule has 0 aromatic heterocycles. The van der Waals surface area contributed by atoms with Gasteiger partial charge in [0.15, 0.2) is 0 Å². The summed E-state index contributed by atoms with van der Waals surface area (Å²) >= 11 is 2.91. The van der Waals surface area contributed by atoms with Crippen LogP contribution in [0.2, 0.25) is 0 Å². The van der Waals surface area contributed by atoms with Crippen molar-refractivity contribution < 1.29 is 18.3 Å². The number of rotatable bonds is 3. The highest BCUT2D eigenvalue weighted by atomic mass is 32.1. The van der Waals surface area contributed by atoms with Gasteiger partial charge in [0.2, 0.25) is 0 Å². The first-order chi connectivity index (χ1) is 7.23. The first-order valence-electron chi connectivity index (χ1n) is 5.28. The van der Waals surface area contributed by atoms with Gasteiger partial charge in [0.05, 0.1) is 0 Å². The number of halogens is 2. The van der Waals surface area contributed by atoms with Crippen LogP contribution in [-0.4, -0.2) is 29.9 Å². The Balaban J connectivity index is 2.59. The second-order valence-electron chi connectivity index (χ2n) is 4.56. The van der Waals surface area contributed by atoms with Crippen LogP contribution in [0.4, 0.5) is 8.78 Å². The molecule has 0 saturated carbocycles. The van der Waals surface area contributed by atoms with Crippen LogP contribution in [0.1, 0.15) is 26.7 Å². The van der Waals surface area contributed by atoms with Crippen LogP contribution in [0.5, 0.6) is 0 Å². The second-order valence-corrected chi connectivity index (χ2v) is 5.12. The number of carbonyl (C=O) groups is 1. The van der Waals surface area contributed by atoms with E-state index in [-0.39, 0.29) is 5.92 Å². The molecule has 6 heteroatoms. The lowest BCUT2D eigenvalue weighted by Gasteiger charge is -2.37. The molecule has 0 spiro atoms. The molecule has 0 radical (unpaired) electrons. The van der Waals surface area contributed by atoms with Crippen molar-refractivity contribution >= 4 is 18.6 Å². The fourth-order valence-electron chi connectivity index (χ4n) is 1.90. The molecule has 0 aliphatic carbocycles. The third-order valence-corrected chi connectivity index (χ3v) is 3.11. The van der Waals surface area contributed by atoms with E-state index < -0.39 is 16.8 Å². The summed E-state index contributed by atoms with van der Waals surface area (Å²) in [6.45, 7) is 4.98. The SMILES string of the molecule is CC(C)(OC(=O)C(F)(F)S)C1CCNCC1. The van der Waals surface area contributed by atoms with Crippen molar-refractivity contribution in [1.82, 2.24) is 5.32 Å². The molecule has 1 saturated heterocycles. The number of alkyl halides is 2. The van der Waals surface area contributed by atoms with Crippen LogP contribution in [0, 0.1) is 5.92 Å². The summed E-state index contributed by atoms with van der Waals surface area (Å²) in [5.41, 5.74) is -0.870. The highest BCUT2D eigenvalue weighted by molar-refractivity contribution is 7.82. The lowest BCUT2D eigenvalue weighted by molar-refractivity contribution is -0.179. The van der Waals surface area contributed by atoms with Crippen molar-refractivity contribution in [2.45, 2.75) is 37.5 Å². The number of esters is 1. The molecule has 1 aliphatic rings. The summed E-state index contributed by atoms with van der Waals surface area (Å²) in [6.07, 6.45) is 1.64. The Morgan fingerprint density at radius 2 is 1.88 bits per heavy atom. The Morgan fingerprint density at radius 3 is 2.31 bits per heavy atom. The molecule has 1 fully saturated rings. The van der Waals surface area contributed by atoms with Gasteiger partial charge in [-0.25, -0.2) is 4.79 Å². The van der Waals surface area contributed by atoms with E-state index in [9.17, 15) is 13.6 Å². The lowest BCUT2D eigenvalue weighted by Crippen LogP contribution is -2.44. The Bertz CT molecular complexity index is 260. The fourth-order valence-corrected chi connectivity index (χ4v) is 1.95. The third-order valence-electron chi connectivity index (χ3n) is 2.92. The zero-order chi connectivity index (χ0) is 12.4. The fraction of sp³-hybridized carbons (Fsp3) is 0.900.